The Labute approximate surface area is 160 Å². The topological polar surface area (TPSA) is 84.3 Å². The van der Waals surface area contributed by atoms with Crippen molar-refractivity contribution in [1.29, 1.82) is 0 Å². The van der Waals surface area contributed by atoms with Crippen molar-refractivity contribution in [2.24, 2.45) is 0 Å². The molecule has 3 aromatic rings. The van der Waals surface area contributed by atoms with Crippen molar-refractivity contribution in [2.45, 2.75) is 6.54 Å². The second-order valence-corrected chi connectivity index (χ2v) is 6.25. The van der Waals surface area contributed by atoms with Crippen molar-refractivity contribution in [2.75, 3.05) is 0 Å². The minimum Gasteiger partial charge on any atom is -0.273 e. The standard InChI is InChI=1S/C21H16N4O3/c26-19-18(11-16-12-22-25(14-16)17-9-5-2-6-10-17)20(27)24(21(28)23-19)13-15-7-3-1-4-8-15/h1-12,14H,13H2,(H,23,26,28). The molecule has 1 aliphatic heterocycles. The van der Waals surface area contributed by atoms with E-state index in [2.05, 4.69) is 10.4 Å². The maximum Gasteiger partial charge on any atom is 0.331 e. The van der Waals surface area contributed by atoms with Crippen molar-refractivity contribution in [1.82, 2.24) is 20.0 Å². The van der Waals surface area contributed by atoms with Crippen LogP contribution in [0.2, 0.25) is 0 Å². The van der Waals surface area contributed by atoms with E-state index in [4.69, 9.17) is 0 Å². The van der Waals surface area contributed by atoms with E-state index in [0.717, 1.165) is 16.2 Å². The van der Waals surface area contributed by atoms with E-state index in [1.807, 2.05) is 60.7 Å². The maximum absolute atomic E-state index is 12.8. The minimum absolute atomic E-state index is 0.0827. The number of carbonyl (C=O) groups is 3. The fraction of sp³-hybridized carbons (Fsp3) is 0.0476. The van der Waals surface area contributed by atoms with Gasteiger partial charge in [-0.2, -0.15) is 5.10 Å². The summed E-state index contributed by atoms with van der Waals surface area (Å²) in [5.41, 5.74) is 2.11. The van der Waals surface area contributed by atoms with Crippen LogP contribution in [0.4, 0.5) is 4.79 Å². The van der Waals surface area contributed by atoms with Crippen molar-refractivity contribution in [3.8, 4) is 5.69 Å². The Morgan fingerprint density at radius 2 is 1.61 bits per heavy atom. The second kappa shape index (κ2) is 7.32. The van der Waals surface area contributed by atoms with E-state index in [-0.39, 0.29) is 12.1 Å². The molecule has 4 amide bonds. The lowest BCUT2D eigenvalue weighted by Crippen LogP contribution is -2.53. The summed E-state index contributed by atoms with van der Waals surface area (Å²) in [7, 11) is 0. The Hall–Kier alpha value is -4.00. The number of benzene rings is 2. The van der Waals surface area contributed by atoms with Crippen LogP contribution in [-0.4, -0.2) is 32.5 Å². The van der Waals surface area contributed by atoms with Crippen LogP contribution in [0.25, 0.3) is 11.8 Å². The van der Waals surface area contributed by atoms with Gasteiger partial charge in [0.25, 0.3) is 11.8 Å². The molecule has 0 aliphatic carbocycles. The van der Waals surface area contributed by atoms with Gasteiger partial charge >= 0.3 is 6.03 Å². The molecule has 1 aromatic heterocycles. The SMILES string of the molecule is O=C1NC(=O)N(Cc2ccccc2)C(=O)C1=Cc1cnn(-c2ccccc2)c1. The fourth-order valence-electron chi connectivity index (χ4n) is 2.90. The quantitative estimate of drug-likeness (QED) is 0.563. The molecule has 0 atom stereocenters. The molecule has 1 N–H and O–H groups in total. The second-order valence-electron chi connectivity index (χ2n) is 6.25. The minimum atomic E-state index is -0.726. The average Bonchev–Trinajstić information content (AvgIpc) is 3.19. The summed E-state index contributed by atoms with van der Waals surface area (Å²) < 4.78 is 1.64. The van der Waals surface area contributed by atoms with Crippen LogP contribution in [0.5, 0.6) is 0 Å². The summed E-state index contributed by atoms with van der Waals surface area (Å²) in [6, 6.07) is 17.8. The third kappa shape index (κ3) is 3.45. The number of aromatic nitrogens is 2. The van der Waals surface area contributed by atoms with Gasteiger partial charge in [-0.25, -0.2) is 9.48 Å². The predicted molar refractivity (Wildman–Crippen MR) is 102 cm³/mol. The van der Waals surface area contributed by atoms with Crippen molar-refractivity contribution in [3.63, 3.8) is 0 Å². The number of nitrogens with zero attached hydrogens (tertiary/aromatic N) is 3. The predicted octanol–water partition coefficient (Wildman–Crippen LogP) is 2.53. The first-order valence-electron chi connectivity index (χ1n) is 8.65. The highest BCUT2D eigenvalue weighted by Crippen LogP contribution is 2.17. The molecule has 0 bridgehead atoms. The Morgan fingerprint density at radius 3 is 2.32 bits per heavy atom. The molecular weight excluding hydrogens is 356 g/mol. The number of nitrogens with one attached hydrogen (secondary N) is 1. The third-order valence-electron chi connectivity index (χ3n) is 4.30. The first kappa shape index (κ1) is 17.4. The number of rotatable bonds is 4. The van der Waals surface area contributed by atoms with Gasteiger partial charge in [-0.1, -0.05) is 48.5 Å². The van der Waals surface area contributed by atoms with Gasteiger partial charge < -0.3 is 0 Å². The normalized spacial score (nSPS) is 15.8. The van der Waals surface area contributed by atoms with Crippen LogP contribution in [0.1, 0.15) is 11.1 Å². The fourth-order valence-corrected chi connectivity index (χ4v) is 2.90. The number of barbiturate groups is 1. The Kier molecular flexibility index (Phi) is 4.55. The first-order valence-corrected chi connectivity index (χ1v) is 8.65. The van der Waals surface area contributed by atoms with Gasteiger partial charge in [0.1, 0.15) is 5.57 Å². The van der Waals surface area contributed by atoms with Crippen molar-refractivity contribution >= 4 is 23.9 Å². The summed E-state index contributed by atoms with van der Waals surface area (Å²) in [6.45, 7) is 0.0827. The zero-order chi connectivity index (χ0) is 19.5. The van der Waals surface area contributed by atoms with Gasteiger partial charge in [0.2, 0.25) is 0 Å². The summed E-state index contributed by atoms with van der Waals surface area (Å²) in [6.07, 6.45) is 4.70. The molecule has 0 radical (unpaired) electrons. The number of para-hydroxylation sites is 1. The van der Waals surface area contributed by atoms with E-state index < -0.39 is 17.8 Å². The molecule has 138 valence electrons. The number of imide groups is 2. The molecule has 0 saturated carbocycles. The molecule has 0 unspecified atom stereocenters. The molecule has 2 aromatic carbocycles. The van der Waals surface area contributed by atoms with Crippen LogP contribution >= 0.6 is 0 Å². The molecule has 4 rings (SSSR count). The van der Waals surface area contributed by atoms with Gasteiger partial charge in [0.15, 0.2) is 0 Å². The molecule has 1 saturated heterocycles. The average molecular weight is 372 g/mol. The number of hydrogen-bond acceptors (Lipinski definition) is 4. The van der Waals surface area contributed by atoms with Crippen LogP contribution in [-0.2, 0) is 16.1 Å². The van der Waals surface area contributed by atoms with E-state index in [1.165, 1.54) is 6.08 Å². The lowest BCUT2D eigenvalue weighted by molar-refractivity contribution is -0.130. The smallest absolute Gasteiger partial charge is 0.273 e. The molecule has 7 nitrogen and oxygen atoms in total. The van der Waals surface area contributed by atoms with Gasteiger partial charge in [-0.15, -0.1) is 0 Å². The van der Waals surface area contributed by atoms with Crippen LogP contribution in [0.3, 0.4) is 0 Å². The van der Waals surface area contributed by atoms with Crippen molar-refractivity contribution in [3.05, 3.63) is 89.8 Å². The Balaban J connectivity index is 1.61. The van der Waals surface area contributed by atoms with E-state index in [0.29, 0.717) is 5.56 Å². The highest BCUT2D eigenvalue weighted by Gasteiger charge is 2.35. The third-order valence-corrected chi connectivity index (χ3v) is 4.30. The van der Waals surface area contributed by atoms with Crippen LogP contribution < -0.4 is 5.32 Å². The van der Waals surface area contributed by atoms with E-state index in [1.54, 1.807) is 17.1 Å². The van der Waals surface area contributed by atoms with Crippen LogP contribution in [0.15, 0.2) is 78.6 Å². The summed E-state index contributed by atoms with van der Waals surface area (Å²) in [4.78, 5) is 38.2. The number of hydrogen-bond donors (Lipinski definition) is 1. The van der Waals surface area contributed by atoms with Gasteiger partial charge in [-0.05, 0) is 23.8 Å². The molecule has 7 heteroatoms. The zero-order valence-corrected chi connectivity index (χ0v) is 14.8. The summed E-state index contributed by atoms with van der Waals surface area (Å²) >= 11 is 0. The zero-order valence-electron chi connectivity index (χ0n) is 14.8. The molecule has 1 fully saturated rings. The molecule has 2 heterocycles. The Morgan fingerprint density at radius 1 is 0.929 bits per heavy atom. The largest absolute Gasteiger partial charge is 0.331 e. The van der Waals surface area contributed by atoms with E-state index >= 15 is 0 Å². The molecule has 0 spiro atoms. The highest BCUT2D eigenvalue weighted by atomic mass is 16.2. The molecule has 28 heavy (non-hydrogen) atoms. The van der Waals surface area contributed by atoms with E-state index in [9.17, 15) is 14.4 Å². The summed E-state index contributed by atoms with van der Waals surface area (Å²) in [5, 5.41) is 6.47. The lowest BCUT2D eigenvalue weighted by atomic mass is 10.1. The van der Waals surface area contributed by atoms with Gasteiger partial charge in [0, 0.05) is 11.8 Å². The molecule has 1 aliphatic rings. The Bertz CT molecular complexity index is 1070. The monoisotopic (exact) mass is 372 g/mol. The number of amides is 4. The molecular formula is C21H16N4O3. The number of urea groups is 1. The van der Waals surface area contributed by atoms with Gasteiger partial charge in [0.05, 0.1) is 18.4 Å². The first-order chi connectivity index (χ1) is 13.6. The van der Waals surface area contributed by atoms with Gasteiger partial charge in [-0.3, -0.25) is 19.8 Å². The highest BCUT2D eigenvalue weighted by molar-refractivity contribution is 6.30. The van der Waals surface area contributed by atoms with Crippen LogP contribution in [0, 0.1) is 0 Å². The maximum atomic E-state index is 12.8. The summed E-state index contributed by atoms with van der Waals surface area (Å²) in [5.74, 6) is -1.35. The lowest BCUT2D eigenvalue weighted by Gasteiger charge is -2.26. The van der Waals surface area contributed by atoms with Crippen molar-refractivity contribution < 1.29 is 14.4 Å². The number of carbonyl (C=O) groups excluding carboxylic acids is 3.